The Morgan fingerprint density at radius 1 is 1.38 bits per heavy atom. The van der Waals surface area contributed by atoms with Crippen LogP contribution in [-0.4, -0.2) is 59.0 Å². The number of rotatable bonds is 4. The van der Waals surface area contributed by atoms with Gasteiger partial charge >= 0.3 is 0 Å². The highest BCUT2D eigenvalue weighted by Gasteiger charge is 2.27. The van der Waals surface area contributed by atoms with Crippen molar-refractivity contribution in [2.75, 3.05) is 13.1 Å². The van der Waals surface area contributed by atoms with Gasteiger partial charge in [0.25, 0.3) is 5.91 Å². The minimum atomic E-state index is -0.0893. The topological polar surface area (TPSA) is 116 Å². The minimum absolute atomic E-state index is 0.0893. The molecule has 0 N–H and O–H groups in total. The van der Waals surface area contributed by atoms with E-state index in [1.54, 1.807) is 31.8 Å². The van der Waals surface area contributed by atoms with Crippen molar-refractivity contribution < 1.29 is 9.32 Å². The zero-order chi connectivity index (χ0) is 17.9. The number of aromatic nitrogens is 7. The predicted octanol–water partition coefficient (Wildman–Crippen LogP) is 0.750. The third-order valence-electron chi connectivity index (χ3n) is 4.35. The fourth-order valence-corrected chi connectivity index (χ4v) is 3.13. The Bertz CT molecular complexity index is 891. The number of carbonyl (C=O) groups is 1. The maximum Gasteiger partial charge on any atom is 0.276 e. The van der Waals surface area contributed by atoms with Crippen molar-refractivity contribution in [1.29, 1.82) is 0 Å². The summed E-state index contributed by atoms with van der Waals surface area (Å²) in [6.07, 6.45) is 8.97. The molecule has 134 valence electrons. The van der Waals surface area contributed by atoms with Crippen molar-refractivity contribution in [2.24, 2.45) is 13.0 Å². The van der Waals surface area contributed by atoms with Crippen molar-refractivity contribution in [2.45, 2.75) is 19.3 Å². The molecule has 0 radical (unpaired) electrons. The van der Waals surface area contributed by atoms with Crippen LogP contribution in [0.3, 0.4) is 0 Å². The van der Waals surface area contributed by atoms with E-state index in [4.69, 9.17) is 4.52 Å². The SMILES string of the molecule is Cn1cc(C(=O)N2CCC[C@H](Cc3nc(-c4cnccn4)no3)C2)nn1. The molecule has 0 aliphatic carbocycles. The second kappa shape index (κ2) is 6.98. The lowest BCUT2D eigenvalue weighted by Crippen LogP contribution is -2.40. The van der Waals surface area contributed by atoms with Crippen molar-refractivity contribution in [3.63, 3.8) is 0 Å². The molecule has 1 atom stereocenters. The van der Waals surface area contributed by atoms with Gasteiger partial charge in [0, 0.05) is 39.0 Å². The lowest BCUT2D eigenvalue weighted by Gasteiger charge is -2.31. The summed E-state index contributed by atoms with van der Waals surface area (Å²) in [5.74, 6) is 1.15. The number of nitrogens with zero attached hydrogens (tertiary/aromatic N) is 8. The molecule has 0 bridgehead atoms. The maximum atomic E-state index is 12.5. The Morgan fingerprint density at radius 2 is 2.31 bits per heavy atom. The zero-order valence-electron chi connectivity index (χ0n) is 14.3. The van der Waals surface area contributed by atoms with E-state index in [-0.39, 0.29) is 11.8 Å². The Hall–Kier alpha value is -3.17. The molecule has 0 spiro atoms. The van der Waals surface area contributed by atoms with Gasteiger partial charge in [0.15, 0.2) is 5.69 Å². The first kappa shape index (κ1) is 16.3. The molecule has 1 fully saturated rings. The zero-order valence-corrected chi connectivity index (χ0v) is 14.3. The predicted molar refractivity (Wildman–Crippen MR) is 88.7 cm³/mol. The molecule has 3 aromatic heterocycles. The highest BCUT2D eigenvalue weighted by Crippen LogP contribution is 2.22. The van der Waals surface area contributed by atoms with Gasteiger partial charge in [-0.1, -0.05) is 10.4 Å². The van der Waals surface area contributed by atoms with Gasteiger partial charge in [-0.25, -0.2) is 4.98 Å². The third-order valence-corrected chi connectivity index (χ3v) is 4.35. The number of amides is 1. The van der Waals surface area contributed by atoms with Crippen molar-refractivity contribution in [3.8, 4) is 11.5 Å². The highest BCUT2D eigenvalue weighted by molar-refractivity contribution is 5.92. The molecule has 1 amide bonds. The lowest BCUT2D eigenvalue weighted by atomic mass is 9.94. The molecular formula is C16H18N8O2. The summed E-state index contributed by atoms with van der Waals surface area (Å²) in [7, 11) is 1.74. The Kier molecular flexibility index (Phi) is 4.38. The second-order valence-electron chi connectivity index (χ2n) is 6.34. The average molecular weight is 354 g/mol. The number of carbonyl (C=O) groups excluding carboxylic acids is 1. The van der Waals surface area contributed by atoms with E-state index in [2.05, 4.69) is 30.4 Å². The first-order chi connectivity index (χ1) is 12.7. The molecule has 3 aromatic rings. The lowest BCUT2D eigenvalue weighted by molar-refractivity contribution is 0.0662. The number of likely N-dealkylation sites (tertiary alicyclic amines) is 1. The summed E-state index contributed by atoms with van der Waals surface area (Å²) in [6, 6.07) is 0. The fraction of sp³-hybridized carbons (Fsp3) is 0.438. The number of piperidine rings is 1. The molecule has 0 saturated carbocycles. The van der Waals surface area contributed by atoms with E-state index >= 15 is 0 Å². The Labute approximate surface area is 149 Å². The maximum absolute atomic E-state index is 12.5. The van der Waals surface area contributed by atoms with Crippen LogP contribution in [0.15, 0.2) is 29.3 Å². The first-order valence-corrected chi connectivity index (χ1v) is 8.43. The van der Waals surface area contributed by atoms with E-state index in [1.807, 2.05) is 4.90 Å². The van der Waals surface area contributed by atoms with Gasteiger partial charge in [-0.3, -0.25) is 14.5 Å². The van der Waals surface area contributed by atoms with Gasteiger partial charge in [-0.2, -0.15) is 4.98 Å². The summed E-state index contributed by atoms with van der Waals surface area (Å²) in [6.45, 7) is 1.36. The standard InChI is InChI=1S/C16H18N8O2/c1-23-10-13(20-22-23)16(25)24-6-2-3-11(9-24)7-14-19-15(21-26-14)12-8-17-4-5-18-12/h4-5,8,10-11H,2-3,6-7,9H2,1H3/t11-/m1/s1. The first-order valence-electron chi connectivity index (χ1n) is 8.43. The van der Waals surface area contributed by atoms with Crippen molar-refractivity contribution in [1.82, 2.24) is 40.0 Å². The molecule has 0 aromatic carbocycles. The largest absolute Gasteiger partial charge is 0.339 e. The summed E-state index contributed by atoms with van der Waals surface area (Å²) < 4.78 is 6.88. The van der Waals surface area contributed by atoms with Crippen LogP contribution in [-0.2, 0) is 13.5 Å². The smallest absolute Gasteiger partial charge is 0.276 e. The summed E-state index contributed by atoms with van der Waals surface area (Å²) in [4.78, 5) is 26.9. The second-order valence-corrected chi connectivity index (χ2v) is 6.34. The highest BCUT2D eigenvalue weighted by atomic mass is 16.5. The Morgan fingerprint density at radius 3 is 3.08 bits per heavy atom. The minimum Gasteiger partial charge on any atom is -0.339 e. The van der Waals surface area contributed by atoms with Crippen LogP contribution in [0.25, 0.3) is 11.5 Å². The molecular weight excluding hydrogens is 336 g/mol. The molecule has 4 heterocycles. The van der Waals surface area contributed by atoms with E-state index in [0.29, 0.717) is 36.1 Å². The normalized spacial score (nSPS) is 17.4. The molecule has 1 saturated heterocycles. The third kappa shape index (κ3) is 3.44. The van der Waals surface area contributed by atoms with Crippen LogP contribution in [0.5, 0.6) is 0 Å². The quantitative estimate of drug-likeness (QED) is 0.674. The molecule has 26 heavy (non-hydrogen) atoms. The van der Waals surface area contributed by atoms with Gasteiger partial charge in [-0.05, 0) is 18.8 Å². The monoisotopic (exact) mass is 354 g/mol. The van der Waals surface area contributed by atoms with E-state index in [9.17, 15) is 4.79 Å². The van der Waals surface area contributed by atoms with Gasteiger partial charge < -0.3 is 9.42 Å². The molecule has 4 rings (SSSR count). The Balaban J connectivity index is 1.41. The van der Waals surface area contributed by atoms with E-state index < -0.39 is 0 Å². The number of aryl methyl sites for hydroxylation is 1. The average Bonchev–Trinajstić information content (AvgIpc) is 3.31. The van der Waals surface area contributed by atoms with Crippen molar-refractivity contribution in [3.05, 3.63) is 36.4 Å². The van der Waals surface area contributed by atoms with Crippen LogP contribution >= 0.6 is 0 Å². The van der Waals surface area contributed by atoms with Crippen LogP contribution in [0.1, 0.15) is 29.2 Å². The molecule has 10 nitrogen and oxygen atoms in total. The van der Waals surface area contributed by atoms with Gasteiger partial charge in [-0.15, -0.1) is 5.10 Å². The fourth-order valence-electron chi connectivity index (χ4n) is 3.13. The van der Waals surface area contributed by atoms with Gasteiger partial charge in [0.1, 0.15) is 5.69 Å². The van der Waals surface area contributed by atoms with E-state index in [0.717, 1.165) is 19.4 Å². The van der Waals surface area contributed by atoms with E-state index in [1.165, 1.54) is 4.68 Å². The summed E-state index contributed by atoms with van der Waals surface area (Å²) >= 11 is 0. The number of hydrogen-bond acceptors (Lipinski definition) is 8. The number of hydrogen-bond donors (Lipinski definition) is 0. The molecule has 10 heteroatoms. The molecule has 1 aliphatic rings. The van der Waals surface area contributed by atoms with Crippen molar-refractivity contribution >= 4 is 5.91 Å². The van der Waals surface area contributed by atoms with Crippen LogP contribution < -0.4 is 0 Å². The van der Waals surface area contributed by atoms with Gasteiger partial charge in [0.05, 0.1) is 12.4 Å². The molecule has 1 aliphatic heterocycles. The summed E-state index contributed by atoms with van der Waals surface area (Å²) in [5.41, 5.74) is 0.946. The summed E-state index contributed by atoms with van der Waals surface area (Å²) in [5, 5.41) is 11.7. The van der Waals surface area contributed by atoms with Crippen LogP contribution in [0.4, 0.5) is 0 Å². The molecule has 0 unspecified atom stereocenters. The van der Waals surface area contributed by atoms with Gasteiger partial charge in [0.2, 0.25) is 11.7 Å². The van der Waals surface area contributed by atoms with Crippen LogP contribution in [0, 0.1) is 5.92 Å². The van der Waals surface area contributed by atoms with Crippen LogP contribution in [0.2, 0.25) is 0 Å².